The Hall–Kier alpha value is -3.86. The minimum atomic E-state index is -4.22. The number of nitrogens with zero attached hydrogens (tertiary/aromatic N) is 3. The monoisotopic (exact) mass is 497 g/mol. The number of carbonyl (C=O) groups excluding carboxylic acids is 1. The van der Waals surface area contributed by atoms with E-state index in [2.05, 4.69) is 14.7 Å². The van der Waals surface area contributed by atoms with Crippen LogP contribution in [0.5, 0.6) is 0 Å². The molecule has 11 heteroatoms. The van der Waals surface area contributed by atoms with Gasteiger partial charge in [-0.25, -0.2) is 27.2 Å². The van der Waals surface area contributed by atoms with E-state index in [1.54, 1.807) is 12.3 Å². The molecular weight excluding hydrogens is 476 g/mol. The number of carbonyl (C=O) groups is 1. The van der Waals surface area contributed by atoms with Gasteiger partial charge in [0.25, 0.3) is 10.0 Å². The maximum absolute atomic E-state index is 13.5. The number of anilines is 2. The van der Waals surface area contributed by atoms with Gasteiger partial charge < -0.3 is 10.3 Å². The van der Waals surface area contributed by atoms with E-state index in [1.165, 1.54) is 24.5 Å². The van der Waals surface area contributed by atoms with Crippen LogP contribution in [0.2, 0.25) is 0 Å². The molecule has 0 amide bonds. The largest absolute Gasteiger partial charge is 0.383 e. The highest BCUT2D eigenvalue weighted by atomic mass is 32.2. The Bertz CT molecular complexity index is 1560. The second-order valence-corrected chi connectivity index (χ2v) is 10.1. The van der Waals surface area contributed by atoms with Crippen LogP contribution in [0.1, 0.15) is 47.6 Å². The summed E-state index contributed by atoms with van der Waals surface area (Å²) in [6.45, 7) is 0. The number of nitrogens with one attached hydrogen (secondary N) is 1. The Labute approximate surface area is 199 Å². The molecule has 35 heavy (non-hydrogen) atoms. The number of nitrogen functional groups attached to an aromatic ring is 1. The first kappa shape index (κ1) is 22.9. The lowest BCUT2D eigenvalue weighted by molar-refractivity contribution is 0.104. The number of fused-ring (bicyclic) bond motifs is 1. The maximum Gasteiger partial charge on any atom is 0.261 e. The molecule has 0 spiro atoms. The maximum atomic E-state index is 13.5. The van der Waals surface area contributed by atoms with Crippen LogP contribution in [0.4, 0.5) is 20.3 Å². The average molecular weight is 498 g/mol. The van der Waals surface area contributed by atoms with Crippen molar-refractivity contribution in [1.29, 1.82) is 0 Å². The Morgan fingerprint density at radius 1 is 1.06 bits per heavy atom. The summed E-state index contributed by atoms with van der Waals surface area (Å²) in [6, 6.07) is 8.39. The standard InChI is InChI=1S/C24H21F2N5O3S/c25-19-9-8-17(11-20(19)26)35(33,34)30-15-5-3-4-14(10-15)22(32)18-12-31(16-6-1-2-7-16)24-21(18)23(27)28-13-29-24/h3-5,8-13,16,30H,1-2,6-7H2,(H2,27,28,29). The third-order valence-corrected chi connectivity index (χ3v) is 7.56. The molecule has 0 atom stereocenters. The fraction of sp³-hybridized carbons (Fsp3) is 0.208. The van der Waals surface area contributed by atoms with Crippen molar-refractivity contribution >= 4 is 38.3 Å². The van der Waals surface area contributed by atoms with E-state index in [9.17, 15) is 22.0 Å². The van der Waals surface area contributed by atoms with Crippen molar-refractivity contribution in [3.63, 3.8) is 0 Å². The van der Waals surface area contributed by atoms with Gasteiger partial charge in [-0.1, -0.05) is 25.0 Å². The van der Waals surface area contributed by atoms with Crippen molar-refractivity contribution in [2.24, 2.45) is 0 Å². The molecule has 0 unspecified atom stereocenters. The molecule has 1 saturated carbocycles. The van der Waals surface area contributed by atoms with Gasteiger partial charge in [0, 0.05) is 23.5 Å². The fourth-order valence-corrected chi connectivity index (χ4v) is 5.54. The summed E-state index contributed by atoms with van der Waals surface area (Å²) in [6.07, 6.45) is 7.24. The van der Waals surface area contributed by atoms with Gasteiger partial charge in [-0.3, -0.25) is 9.52 Å². The van der Waals surface area contributed by atoms with Crippen molar-refractivity contribution < 1.29 is 22.0 Å². The number of hydrogen-bond donors (Lipinski definition) is 2. The second-order valence-electron chi connectivity index (χ2n) is 8.44. The summed E-state index contributed by atoms with van der Waals surface area (Å²) >= 11 is 0. The first-order valence-corrected chi connectivity index (χ1v) is 12.5. The van der Waals surface area contributed by atoms with E-state index < -0.39 is 26.6 Å². The molecule has 0 aliphatic heterocycles. The first-order chi connectivity index (χ1) is 16.7. The summed E-state index contributed by atoms with van der Waals surface area (Å²) in [5.41, 5.74) is 7.33. The zero-order chi connectivity index (χ0) is 24.7. The highest BCUT2D eigenvalue weighted by Crippen LogP contribution is 2.35. The van der Waals surface area contributed by atoms with Gasteiger partial charge in [-0.2, -0.15) is 0 Å². The number of nitrogens with two attached hydrogens (primary N) is 1. The number of benzene rings is 2. The Morgan fingerprint density at radius 3 is 2.57 bits per heavy atom. The van der Waals surface area contributed by atoms with E-state index in [-0.39, 0.29) is 28.9 Å². The molecule has 2 heterocycles. The van der Waals surface area contributed by atoms with Crippen LogP contribution >= 0.6 is 0 Å². The van der Waals surface area contributed by atoms with Crippen LogP contribution in [-0.4, -0.2) is 28.7 Å². The van der Waals surface area contributed by atoms with Crippen molar-refractivity contribution in [3.05, 3.63) is 77.8 Å². The normalized spacial score (nSPS) is 14.5. The number of sulfonamides is 1. The van der Waals surface area contributed by atoms with Gasteiger partial charge in [-0.05, 0) is 43.2 Å². The molecule has 3 N–H and O–H groups in total. The van der Waals surface area contributed by atoms with Gasteiger partial charge in [0.05, 0.1) is 15.8 Å². The topological polar surface area (TPSA) is 120 Å². The summed E-state index contributed by atoms with van der Waals surface area (Å²) in [4.78, 5) is 21.5. The second kappa shape index (κ2) is 8.73. The fourth-order valence-electron chi connectivity index (χ4n) is 4.48. The van der Waals surface area contributed by atoms with Crippen LogP contribution in [0, 0.1) is 11.6 Å². The van der Waals surface area contributed by atoms with E-state index in [0.717, 1.165) is 37.8 Å². The van der Waals surface area contributed by atoms with Crippen LogP contribution < -0.4 is 10.5 Å². The smallest absolute Gasteiger partial charge is 0.261 e. The molecule has 5 rings (SSSR count). The van der Waals surface area contributed by atoms with Crippen LogP contribution in [0.15, 0.2) is 59.9 Å². The SMILES string of the molecule is Nc1ncnc2c1c(C(=O)c1cccc(NS(=O)(=O)c3ccc(F)c(F)c3)c1)cn2C1CCCC1. The Balaban J connectivity index is 1.50. The highest BCUT2D eigenvalue weighted by molar-refractivity contribution is 7.92. The minimum absolute atomic E-state index is 0.0873. The molecule has 1 fully saturated rings. The summed E-state index contributed by atoms with van der Waals surface area (Å²) in [7, 11) is -4.22. The van der Waals surface area contributed by atoms with E-state index in [1.807, 2.05) is 4.57 Å². The molecular formula is C24H21F2N5O3S. The predicted molar refractivity (Wildman–Crippen MR) is 126 cm³/mol. The zero-order valence-corrected chi connectivity index (χ0v) is 19.2. The summed E-state index contributed by atoms with van der Waals surface area (Å²) in [5.74, 6) is -2.63. The van der Waals surface area contributed by atoms with Crippen LogP contribution in [-0.2, 0) is 10.0 Å². The van der Waals surface area contributed by atoms with E-state index >= 15 is 0 Å². The number of ketones is 1. The van der Waals surface area contributed by atoms with Crippen molar-refractivity contribution in [2.45, 2.75) is 36.6 Å². The van der Waals surface area contributed by atoms with Crippen molar-refractivity contribution in [2.75, 3.05) is 10.5 Å². The third kappa shape index (κ3) is 4.23. The molecule has 1 aliphatic rings. The minimum Gasteiger partial charge on any atom is -0.383 e. The third-order valence-electron chi connectivity index (χ3n) is 6.18. The van der Waals surface area contributed by atoms with E-state index in [0.29, 0.717) is 22.7 Å². The van der Waals surface area contributed by atoms with Gasteiger partial charge >= 0.3 is 0 Å². The summed E-state index contributed by atoms with van der Waals surface area (Å²) < 4.78 is 56.4. The van der Waals surface area contributed by atoms with Gasteiger partial charge in [0.15, 0.2) is 17.4 Å². The molecule has 0 saturated heterocycles. The lowest BCUT2D eigenvalue weighted by Crippen LogP contribution is -2.14. The zero-order valence-electron chi connectivity index (χ0n) is 18.4. The molecule has 2 aromatic carbocycles. The quantitative estimate of drug-likeness (QED) is 0.380. The Morgan fingerprint density at radius 2 is 1.83 bits per heavy atom. The highest BCUT2D eigenvalue weighted by Gasteiger charge is 2.26. The molecule has 8 nitrogen and oxygen atoms in total. The van der Waals surface area contributed by atoms with Crippen LogP contribution in [0.25, 0.3) is 11.0 Å². The van der Waals surface area contributed by atoms with Gasteiger partial charge in [-0.15, -0.1) is 0 Å². The average Bonchev–Trinajstić information content (AvgIpc) is 3.49. The number of rotatable bonds is 6. The predicted octanol–water partition coefficient (Wildman–Crippen LogP) is 4.44. The molecule has 2 aromatic heterocycles. The van der Waals surface area contributed by atoms with Gasteiger partial charge in [0.1, 0.15) is 17.8 Å². The van der Waals surface area contributed by atoms with Crippen LogP contribution in [0.3, 0.4) is 0 Å². The van der Waals surface area contributed by atoms with Gasteiger partial charge in [0.2, 0.25) is 0 Å². The van der Waals surface area contributed by atoms with Crippen molar-refractivity contribution in [1.82, 2.24) is 14.5 Å². The molecule has 0 radical (unpaired) electrons. The molecule has 4 aromatic rings. The number of halogens is 2. The summed E-state index contributed by atoms with van der Waals surface area (Å²) in [5, 5.41) is 0.456. The first-order valence-electron chi connectivity index (χ1n) is 11.0. The Kier molecular flexibility index (Phi) is 5.72. The lowest BCUT2D eigenvalue weighted by atomic mass is 10.0. The van der Waals surface area contributed by atoms with E-state index in [4.69, 9.17) is 5.73 Å². The molecule has 180 valence electrons. The molecule has 1 aliphatic carbocycles. The number of hydrogen-bond acceptors (Lipinski definition) is 6. The van der Waals surface area contributed by atoms with Crippen molar-refractivity contribution in [3.8, 4) is 0 Å². The lowest BCUT2D eigenvalue weighted by Gasteiger charge is -2.12. The molecule has 0 bridgehead atoms. The number of aromatic nitrogens is 3.